The molecule has 0 heteroatoms. The SMILES string of the molecule is CC.CC.CC.CC.CC.CC.CC(C)(C)C1=C2CC3(CCCCC3)CC2=C(C(C)(C)C)C1.CC(C)(C)C1=C2CC3(CCCCC3)CC2=C(C(C)(C)C)C1.CC(C)(C)C1=C2CC3(CCCCC3)CC2=C(C(C)(C)C)C1.CC(C)(C)C1=C2CC3(CCCCC3)CC2=C(C(C)(C)C)C1.CC(C)(C)C1=C2CC3(CCCCC3)CC2=C(C(C)(C)C)C1.CC(C)(C)C1=C2CC3(CCCCC3)CC2=C(C(C)(C)C)C1. The summed E-state index contributed by atoms with van der Waals surface area (Å²) in [4.78, 5) is 0. The molecule has 0 amide bonds. The van der Waals surface area contributed by atoms with Gasteiger partial charge in [0.15, 0.2) is 0 Å². The van der Waals surface area contributed by atoms with E-state index in [1.54, 1.807) is 134 Å². The predicted molar refractivity (Wildman–Crippen MR) is 622 cm³/mol. The summed E-state index contributed by atoms with van der Waals surface area (Å²) in [6.45, 7) is 111. The second-order valence-electron chi connectivity index (χ2n) is 60.0. The second kappa shape index (κ2) is 46.7. The minimum Gasteiger partial charge on any atom is -0.0683 e. The lowest BCUT2D eigenvalue weighted by Crippen LogP contribution is -2.21. The normalized spacial score (nSPS) is 24.0. The standard InChI is InChI=1S/6C21H34.6C2H6/c6*1-19(2,3)17-12-18(20(4,5)6)16-14-21(13-15(16)17)10-8-7-9-11-21;6*1-2/h6*7-14H2,1-6H3;6*1-2H3. The summed E-state index contributed by atoms with van der Waals surface area (Å²) in [5.41, 5.74) is 50.8. The van der Waals surface area contributed by atoms with Crippen LogP contribution in [-0.2, 0) is 0 Å². The van der Waals surface area contributed by atoms with E-state index in [2.05, 4.69) is 249 Å². The molecule has 0 aliphatic heterocycles. The second-order valence-corrected chi connectivity index (χ2v) is 60.0. The van der Waals surface area contributed by atoms with Crippen molar-refractivity contribution in [2.24, 2.45) is 97.5 Å². The lowest BCUT2D eigenvalue weighted by molar-refractivity contribution is 0.205. The van der Waals surface area contributed by atoms with Crippen LogP contribution < -0.4 is 0 Å². The van der Waals surface area contributed by atoms with Crippen LogP contribution in [0.3, 0.4) is 0 Å². The molecule has 12 fully saturated rings. The smallest absolute Gasteiger partial charge is 0.00861 e. The Balaban J connectivity index is 0.000000220. The fourth-order valence-corrected chi connectivity index (χ4v) is 30.5. The van der Waals surface area contributed by atoms with Gasteiger partial charge in [-0.05, 0) is 357 Å². The molecule has 0 N–H and O–H groups in total. The Labute approximate surface area is 865 Å². The van der Waals surface area contributed by atoms with Gasteiger partial charge in [-0.15, -0.1) is 0 Å². The third-order valence-corrected chi connectivity index (χ3v) is 37.6. The Morgan fingerprint density at radius 1 is 0.109 bits per heavy atom. The van der Waals surface area contributed by atoms with Crippen LogP contribution >= 0.6 is 0 Å². The van der Waals surface area contributed by atoms with Gasteiger partial charge in [-0.25, -0.2) is 0 Å². The van der Waals surface area contributed by atoms with Gasteiger partial charge in [0, 0.05) is 0 Å². The Morgan fingerprint density at radius 2 is 0.174 bits per heavy atom. The zero-order valence-electron chi connectivity index (χ0n) is 103. The quantitative estimate of drug-likeness (QED) is 0.227. The topological polar surface area (TPSA) is 0 Å². The van der Waals surface area contributed by atoms with Crippen LogP contribution in [0.15, 0.2) is 134 Å². The molecule has 0 unspecified atom stereocenters. The van der Waals surface area contributed by atoms with Crippen molar-refractivity contribution in [2.45, 2.75) is 641 Å². The molecule has 18 aliphatic carbocycles. The molecule has 0 heterocycles. The first-order valence-electron chi connectivity index (χ1n) is 60.5. The zero-order chi connectivity index (χ0) is 105. The third-order valence-electron chi connectivity index (χ3n) is 37.6. The van der Waals surface area contributed by atoms with Crippen molar-refractivity contribution in [1.82, 2.24) is 0 Å². The van der Waals surface area contributed by atoms with Crippen molar-refractivity contribution in [2.75, 3.05) is 0 Å². The van der Waals surface area contributed by atoms with Crippen molar-refractivity contribution < 1.29 is 0 Å². The van der Waals surface area contributed by atoms with Crippen molar-refractivity contribution in [1.29, 1.82) is 0 Å². The van der Waals surface area contributed by atoms with Crippen LogP contribution in [0.25, 0.3) is 0 Å². The highest BCUT2D eigenvalue weighted by Gasteiger charge is 2.55. The van der Waals surface area contributed by atoms with Gasteiger partial charge in [0.25, 0.3) is 0 Å². The van der Waals surface area contributed by atoms with Crippen LogP contribution in [0, 0.1) is 97.5 Å². The van der Waals surface area contributed by atoms with Gasteiger partial charge in [-0.1, -0.05) is 515 Å². The largest absolute Gasteiger partial charge is 0.0683 e. The van der Waals surface area contributed by atoms with E-state index in [0.29, 0.717) is 97.5 Å². The molecule has 0 bridgehead atoms. The zero-order valence-corrected chi connectivity index (χ0v) is 103. The maximum atomic E-state index is 2.42. The average Bonchev–Trinajstić information content (AvgIpc) is 1.61. The molecule has 792 valence electrons. The maximum absolute atomic E-state index is 2.42. The number of rotatable bonds is 0. The minimum atomic E-state index is 0.341. The summed E-state index contributed by atoms with van der Waals surface area (Å²) >= 11 is 0. The van der Waals surface area contributed by atoms with E-state index in [9.17, 15) is 0 Å². The highest BCUT2D eigenvalue weighted by Crippen LogP contribution is 2.70. The lowest BCUT2D eigenvalue weighted by atomic mass is 9.70. The van der Waals surface area contributed by atoms with Crippen LogP contribution in [0.1, 0.15) is 641 Å². The fraction of sp³-hybridized carbons (Fsp3) is 0.826. The van der Waals surface area contributed by atoms with Crippen molar-refractivity contribution >= 4 is 0 Å². The van der Waals surface area contributed by atoms with Crippen LogP contribution in [0.4, 0.5) is 0 Å². The van der Waals surface area contributed by atoms with Gasteiger partial charge in [-0.3, -0.25) is 0 Å². The van der Waals surface area contributed by atoms with Gasteiger partial charge >= 0.3 is 0 Å². The first-order valence-corrected chi connectivity index (χ1v) is 60.5. The van der Waals surface area contributed by atoms with Gasteiger partial charge in [0.05, 0.1) is 0 Å². The number of hydrogen-bond donors (Lipinski definition) is 0. The summed E-state index contributed by atoms with van der Waals surface area (Å²) in [7, 11) is 0. The number of hydrogen-bond acceptors (Lipinski definition) is 0. The average molecular weight is 1900 g/mol. The molecule has 0 radical (unpaired) electrons. The van der Waals surface area contributed by atoms with E-state index in [4.69, 9.17) is 0 Å². The molecule has 0 aromatic carbocycles. The Morgan fingerprint density at radius 3 is 0.232 bits per heavy atom. The summed E-state index contributed by atoms with van der Waals surface area (Å²) < 4.78 is 0. The monoisotopic (exact) mass is 1900 g/mol. The van der Waals surface area contributed by atoms with Crippen LogP contribution in [0.5, 0.6) is 0 Å². The fourth-order valence-electron chi connectivity index (χ4n) is 30.5. The molecule has 0 saturated heterocycles. The van der Waals surface area contributed by atoms with Crippen molar-refractivity contribution in [3.05, 3.63) is 134 Å². The van der Waals surface area contributed by atoms with Gasteiger partial charge in [0.2, 0.25) is 0 Å². The molecule has 12 saturated carbocycles. The van der Waals surface area contributed by atoms with Crippen molar-refractivity contribution in [3.8, 4) is 0 Å². The van der Waals surface area contributed by atoms with E-state index in [1.165, 1.54) is 308 Å². The number of fused-ring (bicyclic) bond motifs is 6. The van der Waals surface area contributed by atoms with Gasteiger partial charge in [0.1, 0.15) is 0 Å². The Kier molecular flexibility index (Phi) is 41.3. The number of allylic oxidation sites excluding steroid dienone is 24. The van der Waals surface area contributed by atoms with Crippen molar-refractivity contribution in [3.63, 3.8) is 0 Å². The molecule has 18 aliphatic rings. The summed E-state index contributed by atoms with van der Waals surface area (Å²) in [6.07, 6.45) is 68.5. The molecule has 0 nitrogen and oxygen atoms in total. The van der Waals surface area contributed by atoms with E-state index in [0.717, 1.165) is 0 Å². The Hall–Kier alpha value is -3.12. The lowest BCUT2D eigenvalue weighted by Gasteiger charge is -2.34. The molecule has 138 heavy (non-hydrogen) atoms. The maximum Gasteiger partial charge on any atom is -0.00861 e. The van der Waals surface area contributed by atoms with Gasteiger partial charge in [-0.2, -0.15) is 0 Å². The first-order chi connectivity index (χ1) is 63.7. The predicted octanol–water partition coefficient (Wildman–Crippen LogP) is 47.1. The van der Waals surface area contributed by atoms with Gasteiger partial charge < -0.3 is 0 Å². The highest BCUT2D eigenvalue weighted by atomic mass is 14.6. The summed E-state index contributed by atoms with van der Waals surface area (Å²) in [5.74, 6) is 0. The molecule has 0 atom stereocenters. The molecule has 0 aromatic rings. The van der Waals surface area contributed by atoms with E-state index < -0.39 is 0 Å². The van der Waals surface area contributed by atoms with Crippen LogP contribution in [0.2, 0.25) is 0 Å². The third kappa shape index (κ3) is 28.5. The molecule has 0 aromatic heterocycles. The molecule has 18 rings (SSSR count). The van der Waals surface area contributed by atoms with E-state index in [1.807, 2.05) is 83.1 Å². The summed E-state index contributed by atoms with van der Waals surface area (Å²) in [5, 5.41) is 0. The minimum absolute atomic E-state index is 0.341. The molecule has 6 spiro atoms. The first kappa shape index (κ1) is 122. The molecular formula is C138H240. The van der Waals surface area contributed by atoms with Crippen LogP contribution in [-0.4, -0.2) is 0 Å². The van der Waals surface area contributed by atoms with E-state index in [-0.39, 0.29) is 0 Å². The molecular weight excluding hydrogens is 1660 g/mol. The highest BCUT2D eigenvalue weighted by molar-refractivity contribution is 5.61. The van der Waals surface area contributed by atoms with E-state index >= 15 is 0 Å². The Bertz CT molecular complexity index is 3460. The summed E-state index contributed by atoms with van der Waals surface area (Å²) in [6, 6.07) is 0.